The molecule has 3 rings (SSSR count). The normalized spacial score (nSPS) is 18.4. The summed E-state index contributed by atoms with van der Waals surface area (Å²) >= 11 is 0. The maximum absolute atomic E-state index is 13.0. The van der Waals surface area contributed by atoms with Gasteiger partial charge in [0.1, 0.15) is 5.82 Å². The highest BCUT2D eigenvalue weighted by Gasteiger charge is 2.32. The van der Waals surface area contributed by atoms with E-state index in [0.29, 0.717) is 25.1 Å². The maximum Gasteiger partial charge on any atom is 0.248 e. The third-order valence-electron chi connectivity index (χ3n) is 4.44. The van der Waals surface area contributed by atoms with Crippen LogP contribution in [0.2, 0.25) is 0 Å². The predicted molar refractivity (Wildman–Crippen MR) is 91.9 cm³/mol. The number of carbonyl (C=O) groups excluding carboxylic acids is 1. The van der Waals surface area contributed by atoms with Gasteiger partial charge in [0.15, 0.2) is 0 Å². The standard InChI is InChI=1S/C18H19FN2O3S/c19-16-4-6-17(7-5-16)25(23,24)21-9-8-14(12-21)10-13-2-1-3-15(11-13)18(20)22/h1-7,11,14H,8-10,12H2,(H2,20,22). The van der Waals surface area contributed by atoms with E-state index in [1.807, 2.05) is 6.07 Å². The number of hydrogen-bond donors (Lipinski definition) is 1. The van der Waals surface area contributed by atoms with Crippen LogP contribution in [0.4, 0.5) is 4.39 Å². The SMILES string of the molecule is NC(=O)c1cccc(CC2CCN(S(=O)(=O)c3ccc(F)cc3)C2)c1. The van der Waals surface area contributed by atoms with Crippen molar-refractivity contribution in [3.05, 3.63) is 65.5 Å². The Hall–Kier alpha value is -2.25. The molecule has 1 fully saturated rings. The highest BCUT2D eigenvalue weighted by molar-refractivity contribution is 7.89. The summed E-state index contributed by atoms with van der Waals surface area (Å²) in [4.78, 5) is 11.4. The fourth-order valence-electron chi connectivity index (χ4n) is 3.12. The minimum Gasteiger partial charge on any atom is -0.366 e. The molecule has 1 aliphatic heterocycles. The van der Waals surface area contributed by atoms with Crippen LogP contribution in [0.25, 0.3) is 0 Å². The molecule has 1 unspecified atom stereocenters. The molecule has 0 saturated carbocycles. The van der Waals surface area contributed by atoms with Gasteiger partial charge >= 0.3 is 0 Å². The van der Waals surface area contributed by atoms with E-state index < -0.39 is 21.7 Å². The Bertz CT molecular complexity index is 881. The molecular formula is C18H19FN2O3S. The Balaban J connectivity index is 1.70. The molecule has 2 N–H and O–H groups in total. The first-order chi connectivity index (χ1) is 11.9. The Kier molecular flexibility index (Phi) is 4.87. The highest BCUT2D eigenvalue weighted by atomic mass is 32.2. The van der Waals surface area contributed by atoms with E-state index in [1.165, 1.54) is 16.4 Å². The highest BCUT2D eigenvalue weighted by Crippen LogP contribution is 2.27. The Labute approximate surface area is 146 Å². The first kappa shape index (κ1) is 17.6. The van der Waals surface area contributed by atoms with Crippen LogP contribution in [0.15, 0.2) is 53.4 Å². The second kappa shape index (κ2) is 6.93. The molecule has 1 aliphatic rings. The molecule has 2 aromatic rings. The molecule has 1 saturated heterocycles. The van der Waals surface area contributed by atoms with E-state index in [-0.39, 0.29) is 10.8 Å². The van der Waals surface area contributed by atoms with Gasteiger partial charge in [0.05, 0.1) is 4.90 Å². The van der Waals surface area contributed by atoms with Crippen molar-refractivity contribution in [2.75, 3.05) is 13.1 Å². The number of hydrogen-bond acceptors (Lipinski definition) is 3. The van der Waals surface area contributed by atoms with Crippen molar-refractivity contribution in [1.29, 1.82) is 0 Å². The number of amides is 1. The van der Waals surface area contributed by atoms with Gasteiger partial charge in [-0.15, -0.1) is 0 Å². The Morgan fingerprint density at radius 3 is 2.60 bits per heavy atom. The molecule has 132 valence electrons. The van der Waals surface area contributed by atoms with Gasteiger partial charge in [-0.25, -0.2) is 12.8 Å². The van der Waals surface area contributed by atoms with Crippen LogP contribution in [0.1, 0.15) is 22.3 Å². The van der Waals surface area contributed by atoms with E-state index in [1.54, 1.807) is 18.2 Å². The Morgan fingerprint density at radius 1 is 1.20 bits per heavy atom. The summed E-state index contributed by atoms with van der Waals surface area (Å²) < 4.78 is 39.7. The lowest BCUT2D eigenvalue weighted by Gasteiger charge is -2.17. The molecule has 25 heavy (non-hydrogen) atoms. The number of halogens is 1. The smallest absolute Gasteiger partial charge is 0.248 e. The monoisotopic (exact) mass is 362 g/mol. The summed E-state index contributed by atoms with van der Waals surface area (Å²) in [5, 5.41) is 0. The van der Waals surface area contributed by atoms with Crippen molar-refractivity contribution in [2.24, 2.45) is 11.7 Å². The van der Waals surface area contributed by atoms with E-state index >= 15 is 0 Å². The second-order valence-corrected chi connectivity index (χ2v) is 8.18. The molecule has 7 heteroatoms. The first-order valence-corrected chi connectivity index (χ1v) is 9.45. The number of carbonyl (C=O) groups is 1. The molecule has 0 aromatic heterocycles. The van der Waals surface area contributed by atoms with Gasteiger partial charge in [-0.1, -0.05) is 12.1 Å². The lowest BCUT2D eigenvalue weighted by molar-refractivity contribution is 0.1000. The summed E-state index contributed by atoms with van der Waals surface area (Å²) in [6.07, 6.45) is 1.41. The average Bonchev–Trinajstić information content (AvgIpc) is 3.05. The topological polar surface area (TPSA) is 80.5 Å². The van der Waals surface area contributed by atoms with Crippen molar-refractivity contribution >= 4 is 15.9 Å². The van der Waals surface area contributed by atoms with Crippen molar-refractivity contribution < 1.29 is 17.6 Å². The summed E-state index contributed by atoms with van der Waals surface area (Å²) in [5.41, 5.74) is 6.70. The largest absolute Gasteiger partial charge is 0.366 e. The van der Waals surface area contributed by atoms with Gasteiger partial charge in [0, 0.05) is 18.7 Å². The van der Waals surface area contributed by atoms with Crippen LogP contribution in [-0.4, -0.2) is 31.7 Å². The molecule has 5 nitrogen and oxygen atoms in total. The number of nitrogens with zero attached hydrogens (tertiary/aromatic N) is 1. The summed E-state index contributed by atoms with van der Waals surface area (Å²) in [6, 6.07) is 12.0. The van der Waals surface area contributed by atoms with Crippen LogP contribution in [-0.2, 0) is 16.4 Å². The zero-order valence-electron chi connectivity index (χ0n) is 13.6. The van der Waals surface area contributed by atoms with Crippen LogP contribution < -0.4 is 5.73 Å². The predicted octanol–water partition coefficient (Wildman–Crippen LogP) is 2.18. The van der Waals surface area contributed by atoms with E-state index in [9.17, 15) is 17.6 Å². The first-order valence-electron chi connectivity index (χ1n) is 8.01. The molecule has 0 radical (unpaired) electrons. The second-order valence-electron chi connectivity index (χ2n) is 6.24. The number of nitrogens with two attached hydrogens (primary N) is 1. The molecule has 0 bridgehead atoms. The van der Waals surface area contributed by atoms with Gasteiger partial charge in [-0.05, 0) is 60.7 Å². The molecular weight excluding hydrogens is 343 g/mol. The van der Waals surface area contributed by atoms with E-state index in [2.05, 4.69) is 0 Å². The molecule has 0 spiro atoms. The number of primary amides is 1. The van der Waals surface area contributed by atoms with E-state index in [0.717, 1.165) is 24.1 Å². The van der Waals surface area contributed by atoms with Crippen LogP contribution in [0, 0.1) is 11.7 Å². The van der Waals surface area contributed by atoms with Crippen molar-refractivity contribution in [2.45, 2.75) is 17.7 Å². The van der Waals surface area contributed by atoms with Crippen molar-refractivity contribution in [3.8, 4) is 0 Å². The number of rotatable bonds is 5. The van der Waals surface area contributed by atoms with Crippen molar-refractivity contribution in [3.63, 3.8) is 0 Å². The summed E-state index contributed by atoms with van der Waals surface area (Å²) in [5.74, 6) is -0.778. The Morgan fingerprint density at radius 2 is 1.92 bits per heavy atom. The zero-order chi connectivity index (χ0) is 18.0. The zero-order valence-corrected chi connectivity index (χ0v) is 14.4. The maximum atomic E-state index is 13.0. The molecule has 1 amide bonds. The minimum atomic E-state index is -3.61. The van der Waals surface area contributed by atoms with Gasteiger partial charge in [-0.3, -0.25) is 4.79 Å². The quantitative estimate of drug-likeness (QED) is 0.885. The number of sulfonamides is 1. The van der Waals surface area contributed by atoms with Gasteiger partial charge in [0.2, 0.25) is 15.9 Å². The fraction of sp³-hybridized carbons (Fsp3) is 0.278. The summed E-state index contributed by atoms with van der Waals surface area (Å²) in [6.45, 7) is 0.834. The molecule has 2 aromatic carbocycles. The lowest BCUT2D eigenvalue weighted by Crippen LogP contribution is -2.29. The van der Waals surface area contributed by atoms with Gasteiger partial charge < -0.3 is 5.73 Å². The molecule has 0 aliphatic carbocycles. The average molecular weight is 362 g/mol. The van der Waals surface area contributed by atoms with E-state index in [4.69, 9.17) is 5.73 Å². The lowest BCUT2D eigenvalue weighted by atomic mass is 9.97. The van der Waals surface area contributed by atoms with Gasteiger partial charge in [0.25, 0.3) is 0 Å². The van der Waals surface area contributed by atoms with Crippen LogP contribution in [0.5, 0.6) is 0 Å². The third kappa shape index (κ3) is 3.88. The van der Waals surface area contributed by atoms with Crippen LogP contribution in [0.3, 0.4) is 0 Å². The van der Waals surface area contributed by atoms with Crippen LogP contribution >= 0.6 is 0 Å². The fourth-order valence-corrected chi connectivity index (χ4v) is 4.65. The third-order valence-corrected chi connectivity index (χ3v) is 6.32. The molecule has 1 atom stereocenters. The van der Waals surface area contributed by atoms with Gasteiger partial charge in [-0.2, -0.15) is 4.31 Å². The number of benzene rings is 2. The molecule has 1 heterocycles. The summed E-state index contributed by atoms with van der Waals surface area (Å²) in [7, 11) is -3.61. The van der Waals surface area contributed by atoms with Crippen molar-refractivity contribution in [1.82, 2.24) is 4.31 Å². The minimum absolute atomic E-state index is 0.102.